The second-order valence-corrected chi connectivity index (χ2v) is 8.22. The minimum atomic E-state index is -1.23. The van der Waals surface area contributed by atoms with E-state index in [1.54, 1.807) is 45.3 Å². The van der Waals surface area contributed by atoms with Crippen LogP contribution in [0.25, 0.3) is 0 Å². The summed E-state index contributed by atoms with van der Waals surface area (Å²) in [6, 6.07) is 13.4. The lowest BCUT2D eigenvalue weighted by Gasteiger charge is -2.22. The first-order valence-corrected chi connectivity index (χ1v) is 10.5. The minimum absolute atomic E-state index is 0.149. The summed E-state index contributed by atoms with van der Waals surface area (Å²) in [5, 5.41) is 5.37. The van der Waals surface area contributed by atoms with Crippen molar-refractivity contribution >= 4 is 29.4 Å². The van der Waals surface area contributed by atoms with Crippen molar-refractivity contribution in [3.8, 4) is 0 Å². The van der Waals surface area contributed by atoms with E-state index < -0.39 is 29.9 Å². The van der Waals surface area contributed by atoms with Gasteiger partial charge < -0.3 is 15.5 Å². The number of anilines is 1. The summed E-state index contributed by atoms with van der Waals surface area (Å²) in [6.45, 7) is 3.32. The molecule has 0 bridgehead atoms. The van der Waals surface area contributed by atoms with Crippen LogP contribution in [0.2, 0.25) is 0 Å². The maximum absolute atomic E-state index is 13.0. The summed E-state index contributed by atoms with van der Waals surface area (Å²) in [7, 11) is 3.31. The Kier molecular flexibility index (Phi) is 6.62. The normalized spacial score (nSPS) is 17.8. The Balaban J connectivity index is 1.67. The number of carbonyl (C=O) groups excluding carboxylic acids is 4. The number of urea groups is 1. The molecule has 2 aromatic carbocycles. The van der Waals surface area contributed by atoms with E-state index in [2.05, 4.69) is 17.6 Å². The average molecular weight is 437 g/mol. The van der Waals surface area contributed by atoms with Crippen molar-refractivity contribution in [2.45, 2.75) is 32.2 Å². The molecule has 0 aromatic heterocycles. The lowest BCUT2D eigenvalue weighted by Crippen LogP contribution is -2.42. The quantitative estimate of drug-likeness (QED) is 0.652. The van der Waals surface area contributed by atoms with Gasteiger partial charge in [-0.1, -0.05) is 37.6 Å². The predicted octanol–water partition coefficient (Wildman–Crippen LogP) is 2.75. The first-order chi connectivity index (χ1) is 15.2. The van der Waals surface area contributed by atoms with E-state index in [-0.39, 0.29) is 5.91 Å². The molecule has 32 heavy (non-hydrogen) atoms. The molecule has 0 saturated carbocycles. The van der Waals surface area contributed by atoms with Gasteiger partial charge in [0.1, 0.15) is 12.1 Å². The molecule has 1 unspecified atom stereocenters. The smallest absolute Gasteiger partial charge is 0.325 e. The van der Waals surface area contributed by atoms with Gasteiger partial charge in [-0.3, -0.25) is 19.3 Å². The molecule has 0 aliphatic carbocycles. The van der Waals surface area contributed by atoms with Crippen LogP contribution in [0.5, 0.6) is 0 Å². The standard InChI is InChI=1S/C24H28N4O4/c1-5-6-16-7-11-18(12-8-16)24(2)22(31)28(23(32)26-24)15-20(29)25-19-13-9-17(10-14-19)21(30)27(3)4/h7-14H,5-6,15H2,1-4H3,(H,25,29)(H,26,32). The molecule has 168 valence electrons. The van der Waals surface area contributed by atoms with Crippen LogP contribution in [0.3, 0.4) is 0 Å². The monoisotopic (exact) mass is 436 g/mol. The Labute approximate surface area is 187 Å². The number of hydrogen-bond donors (Lipinski definition) is 2. The molecule has 8 nitrogen and oxygen atoms in total. The van der Waals surface area contributed by atoms with Gasteiger partial charge in [-0.05, 0) is 48.7 Å². The summed E-state index contributed by atoms with van der Waals surface area (Å²) < 4.78 is 0. The molecule has 8 heteroatoms. The summed E-state index contributed by atoms with van der Waals surface area (Å²) in [6.07, 6.45) is 1.96. The Morgan fingerprint density at radius 2 is 1.66 bits per heavy atom. The number of imide groups is 1. The Bertz CT molecular complexity index is 1030. The van der Waals surface area contributed by atoms with Gasteiger partial charge in [0.25, 0.3) is 11.8 Å². The van der Waals surface area contributed by atoms with E-state index in [0.29, 0.717) is 16.8 Å². The third-order valence-electron chi connectivity index (χ3n) is 5.47. The summed E-state index contributed by atoms with van der Waals surface area (Å²) in [4.78, 5) is 52.4. The number of rotatable bonds is 7. The third-order valence-corrected chi connectivity index (χ3v) is 5.47. The fourth-order valence-electron chi connectivity index (χ4n) is 3.63. The molecule has 2 aromatic rings. The predicted molar refractivity (Wildman–Crippen MR) is 121 cm³/mol. The van der Waals surface area contributed by atoms with Gasteiger partial charge in [0.2, 0.25) is 5.91 Å². The molecular weight excluding hydrogens is 408 g/mol. The van der Waals surface area contributed by atoms with E-state index in [0.717, 1.165) is 23.3 Å². The maximum atomic E-state index is 13.0. The van der Waals surface area contributed by atoms with Crippen molar-refractivity contribution in [1.29, 1.82) is 0 Å². The van der Waals surface area contributed by atoms with Gasteiger partial charge >= 0.3 is 6.03 Å². The van der Waals surface area contributed by atoms with Gasteiger partial charge in [-0.15, -0.1) is 0 Å². The highest BCUT2D eigenvalue weighted by Crippen LogP contribution is 2.29. The lowest BCUT2D eigenvalue weighted by atomic mass is 9.91. The number of hydrogen-bond acceptors (Lipinski definition) is 4. The van der Waals surface area contributed by atoms with E-state index in [9.17, 15) is 19.2 Å². The fraction of sp³-hybridized carbons (Fsp3) is 0.333. The highest BCUT2D eigenvalue weighted by atomic mass is 16.2. The second-order valence-electron chi connectivity index (χ2n) is 8.22. The largest absolute Gasteiger partial charge is 0.345 e. The van der Waals surface area contributed by atoms with Gasteiger partial charge in [0.05, 0.1) is 0 Å². The van der Waals surface area contributed by atoms with Crippen LogP contribution in [-0.2, 0) is 21.5 Å². The highest BCUT2D eigenvalue weighted by molar-refractivity contribution is 6.10. The summed E-state index contributed by atoms with van der Waals surface area (Å²) >= 11 is 0. The van der Waals surface area contributed by atoms with Gasteiger partial charge in [0, 0.05) is 25.3 Å². The van der Waals surface area contributed by atoms with Crippen molar-refractivity contribution < 1.29 is 19.2 Å². The van der Waals surface area contributed by atoms with Crippen molar-refractivity contribution in [1.82, 2.24) is 15.1 Å². The van der Waals surface area contributed by atoms with Gasteiger partial charge in [-0.25, -0.2) is 4.79 Å². The average Bonchev–Trinajstić information content (AvgIpc) is 2.98. The van der Waals surface area contributed by atoms with E-state index in [1.165, 1.54) is 4.90 Å². The lowest BCUT2D eigenvalue weighted by molar-refractivity contribution is -0.133. The van der Waals surface area contributed by atoms with Crippen LogP contribution >= 0.6 is 0 Å². The highest BCUT2D eigenvalue weighted by Gasteiger charge is 2.49. The molecule has 1 fully saturated rings. The van der Waals surface area contributed by atoms with Crippen molar-refractivity contribution in [2.75, 3.05) is 26.0 Å². The van der Waals surface area contributed by atoms with Crippen LogP contribution in [0.15, 0.2) is 48.5 Å². The number of nitrogens with one attached hydrogen (secondary N) is 2. The van der Waals surface area contributed by atoms with Crippen LogP contribution in [0, 0.1) is 0 Å². The molecule has 3 rings (SSSR count). The fourth-order valence-corrected chi connectivity index (χ4v) is 3.63. The first kappa shape index (κ1) is 23.0. The Morgan fingerprint density at radius 1 is 1.03 bits per heavy atom. The van der Waals surface area contributed by atoms with E-state index in [1.807, 2.05) is 24.3 Å². The molecule has 5 amide bonds. The molecule has 0 radical (unpaired) electrons. The summed E-state index contributed by atoms with van der Waals surface area (Å²) in [5.41, 5.74) is 1.55. The first-order valence-electron chi connectivity index (χ1n) is 10.5. The molecule has 2 N–H and O–H groups in total. The van der Waals surface area contributed by atoms with Crippen LogP contribution in [0.1, 0.15) is 41.8 Å². The van der Waals surface area contributed by atoms with Crippen LogP contribution in [0.4, 0.5) is 10.5 Å². The number of amides is 5. The number of benzene rings is 2. The van der Waals surface area contributed by atoms with E-state index >= 15 is 0 Å². The molecule has 1 aliphatic heterocycles. The second kappa shape index (κ2) is 9.21. The molecule has 0 spiro atoms. The number of carbonyl (C=O) groups is 4. The number of aryl methyl sites for hydroxylation is 1. The third kappa shape index (κ3) is 4.64. The van der Waals surface area contributed by atoms with Crippen molar-refractivity contribution in [3.63, 3.8) is 0 Å². The topological polar surface area (TPSA) is 98.8 Å². The molecule has 1 aliphatic rings. The van der Waals surface area contributed by atoms with Crippen LogP contribution in [-0.4, -0.2) is 54.2 Å². The minimum Gasteiger partial charge on any atom is -0.345 e. The molecule has 1 heterocycles. The Hall–Kier alpha value is -3.68. The molecule has 1 saturated heterocycles. The van der Waals surface area contributed by atoms with Gasteiger partial charge in [-0.2, -0.15) is 0 Å². The zero-order valence-corrected chi connectivity index (χ0v) is 18.8. The summed E-state index contributed by atoms with van der Waals surface area (Å²) in [5.74, 6) is -1.14. The van der Waals surface area contributed by atoms with Crippen molar-refractivity contribution in [3.05, 3.63) is 65.2 Å². The molecule has 1 atom stereocenters. The van der Waals surface area contributed by atoms with E-state index in [4.69, 9.17) is 0 Å². The maximum Gasteiger partial charge on any atom is 0.325 e. The molecular formula is C24H28N4O4. The number of nitrogens with zero attached hydrogens (tertiary/aromatic N) is 2. The van der Waals surface area contributed by atoms with Crippen LogP contribution < -0.4 is 10.6 Å². The van der Waals surface area contributed by atoms with Crippen molar-refractivity contribution in [2.24, 2.45) is 0 Å². The zero-order valence-electron chi connectivity index (χ0n) is 18.8. The Morgan fingerprint density at radius 3 is 2.22 bits per heavy atom. The zero-order chi connectivity index (χ0) is 23.5. The SMILES string of the molecule is CCCc1ccc(C2(C)NC(=O)N(CC(=O)Nc3ccc(C(=O)N(C)C)cc3)C2=O)cc1. The van der Waals surface area contributed by atoms with Gasteiger partial charge in [0.15, 0.2) is 0 Å².